The van der Waals surface area contributed by atoms with Gasteiger partial charge in [-0.1, -0.05) is 39.0 Å². The number of hydrogen-bond donors (Lipinski definition) is 1. The van der Waals surface area contributed by atoms with Gasteiger partial charge in [0.25, 0.3) is 5.91 Å². The third kappa shape index (κ3) is 5.93. The number of hydrogen-bond acceptors (Lipinski definition) is 5. The first kappa shape index (κ1) is 25.8. The van der Waals surface area contributed by atoms with Crippen molar-refractivity contribution < 1.29 is 23.0 Å². The van der Waals surface area contributed by atoms with Crippen molar-refractivity contribution >= 4 is 34.1 Å². The van der Waals surface area contributed by atoms with Gasteiger partial charge < -0.3 is 14.8 Å². The zero-order valence-corrected chi connectivity index (χ0v) is 21.6. The third-order valence-electron chi connectivity index (χ3n) is 6.46. The summed E-state index contributed by atoms with van der Waals surface area (Å²) in [4.78, 5) is 19.3. The first-order chi connectivity index (χ1) is 17.2. The van der Waals surface area contributed by atoms with Crippen LogP contribution in [0.25, 0.3) is 0 Å². The van der Waals surface area contributed by atoms with Gasteiger partial charge in [0, 0.05) is 16.8 Å². The predicted molar refractivity (Wildman–Crippen MR) is 141 cm³/mol. The maximum absolute atomic E-state index is 13.4. The molecule has 0 saturated carbocycles. The van der Waals surface area contributed by atoms with Crippen LogP contribution < -0.4 is 14.8 Å². The Kier molecular flexibility index (Phi) is 7.73. The molecule has 3 aromatic rings. The Morgan fingerprint density at radius 3 is 2.58 bits per heavy atom. The molecule has 36 heavy (non-hydrogen) atoms. The molecule has 0 spiro atoms. The molecule has 1 amide bonds. The number of nitrogens with one attached hydrogen (secondary N) is 1. The second-order valence-electron chi connectivity index (χ2n) is 9.86. The van der Waals surface area contributed by atoms with Crippen molar-refractivity contribution in [2.24, 2.45) is 16.3 Å². The molecule has 1 atom stereocenters. The van der Waals surface area contributed by atoms with E-state index in [2.05, 4.69) is 35.8 Å². The fourth-order valence-electron chi connectivity index (χ4n) is 4.44. The van der Waals surface area contributed by atoms with Gasteiger partial charge in [-0.2, -0.15) is 8.78 Å². The Labute approximate surface area is 214 Å². The van der Waals surface area contributed by atoms with E-state index in [0.29, 0.717) is 22.0 Å². The number of aliphatic imine (C=N–C) groups is 1. The lowest BCUT2D eigenvalue weighted by molar-refractivity contribution is -0.0512. The normalized spacial score (nSPS) is 15.7. The maximum atomic E-state index is 13.4. The molecule has 1 heterocycles. The summed E-state index contributed by atoms with van der Waals surface area (Å²) in [7, 11) is 1.39. The number of alkyl halides is 2. The van der Waals surface area contributed by atoms with Gasteiger partial charge in [-0.05, 0) is 72.1 Å². The average Bonchev–Trinajstić information content (AvgIpc) is 3.21. The molecule has 0 unspecified atom stereocenters. The van der Waals surface area contributed by atoms with E-state index in [1.54, 1.807) is 29.7 Å². The summed E-state index contributed by atoms with van der Waals surface area (Å²) in [5.41, 5.74) is 3.21. The fraction of sp³-hybridized carbons (Fsp3) is 0.357. The van der Waals surface area contributed by atoms with Crippen molar-refractivity contribution in [2.75, 3.05) is 12.4 Å². The maximum Gasteiger partial charge on any atom is 0.387 e. The molecule has 0 saturated heterocycles. The zero-order chi connectivity index (χ0) is 25.9. The van der Waals surface area contributed by atoms with Gasteiger partial charge >= 0.3 is 6.61 Å². The molecular formula is C28H30F2N2O3S. The predicted octanol–water partition coefficient (Wildman–Crippen LogP) is 7.51. The highest BCUT2D eigenvalue weighted by atomic mass is 32.1. The van der Waals surface area contributed by atoms with E-state index in [-0.39, 0.29) is 22.8 Å². The van der Waals surface area contributed by atoms with Gasteiger partial charge in [0.2, 0.25) is 0 Å². The Morgan fingerprint density at radius 2 is 1.92 bits per heavy atom. The number of benzene rings is 2. The first-order valence-corrected chi connectivity index (χ1v) is 12.6. The molecule has 8 heteroatoms. The van der Waals surface area contributed by atoms with Crippen LogP contribution in [0.5, 0.6) is 11.5 Å². The van der Waals surface area contributed by atoms with E-state index < -0.39 is 6.61 Å². The van der Waals surface area contributed by atoms with Crippen LogP contribution in [0.15, 0.2) is 53.5 Å². The molecule has 2 aromatic carbocycles. The molecule has 190 valence electrons. The summed E-state index contributed by atoms with van der Waals surface area (Å²) in [5.74, 6) is 0.475. The number of carbonyl (C=O) groups is 1. The minimum Gasteiger partial charge on any atom is -0.493 e. The zero-order valence-electron chi connectivity index (χ0n) is 20.8. The Hall–Kier alpha value is -3.26. The summed E-state index contributed by atoms with van der Waals surface area (Å²) in [5, 5.41) is 3.64. The van der Waals surface area contributed by atoms with Crippen LogP contribution in [0, 0.1) is 11.3 Å². The highest BCUT2D eigenvalue weighted by Gasteiger charge is 2.33. The second-order valence-corrected chi connectivity index (χ2v) is 10.9. The summed E-state index contributed by atoms with van der Waals surface area (Å²) in [6.45, 7) is 3.83. The van der Waals surface area contributed by atoms with Gasteiger partial charge in [0.15, 0.2) is 11.5 Å². The first-order valence-electron chi connectivity index (χ1n) is 11.8. The number of fused-ring (bicyclic) bond motifs is 1. The minimum absolute atomic E-state index is 0.0487. The van der Waals surface area contributed by atoms with Crippen molar-refractivity contribution in [1.29, 1.82) is 0 Å². The lowest BCUT2D eigenvalue weighted by Crippen LogP contribution is -2.27. The molecule has 0 bridgehead atoms. The molecular weight excluding hydrogens is 482 g/mol. The van der Waals surface area contributed by atoms with Crippen LogP contribution in [0.1, 0.15) is 53.6 Å². The number of anilines is 1. The van der Waals surface area contributed by atoms with Crippen molar-refractivity contribution in [1.82, 2.24) is 0 Å². The number of carbonyl (C=O) groups excluding carboxylic acids is 1. The van der Waals surface area contributed by atoms with E-state index in [0.717, 1.165) is 30.5 Å². The van der Waals surface area contributed by atoms with Gasteiger partial charge in [0.05, 0.1) is 12.7 Å². The Morgan fingerprint density at radius 1 is 1.17 bits per heavy atom. The number of para-hydroxylation sites is 1. The van der Waals surface area contributed by atoms with Gasteiger partial charge in [0.1, 0.15) is 5.00 Å². The van der Waals surface area contributed by atoms with Crippen LogP contribution >= 0.6 is 11.3 Å². The topological polar surface area (TPSA) is 59.9 Å². The number of ether oxygens (including phenoxy) is 2. The highest BCUT2D eigenvalue weighted by Crippen LogP contribution is 2.45. The quantitative estimate of drug-likeness (QED) is 0.333. The van der Waals surface area contributed by atoms with Gasteiger partial charge in [-0.25, -0.2) is 4.99 Å². The lowest BCUT2D eigenvalue weighted by atomic mass is 9.72. The molecule has 0 fully saturated rings. The van der Waals surface area contributed by atoms with E-state index in [1.807, 2.05) is 30.3 Å². The Balaban J connectivity index is 1.68. The number of nitrogens with zero attached hydrogens (tertiary/aromatic N) is 1. The summed E-state index contributed by atoms with van der Waals surface area (Å²) in [6.07, 6.45) is 4.38. The van der Waals surface area contributed by atoms with Crippen LogP contribution in [0.2, 0.25) is 0 Å². The lowest BCUT2D eigenvalue weighted by Gasteiger charge is -2.33. The molecule has 1 aromatic heterocycles. The monoisotopic (exact) mass is 512 g/mol. The minimum atomic E-state index is -2.95. The van der Waals surface area contributed by atoms with Gasteiger partial charge in [-0.15, -0.1) is 11.3 Å². The number of methoxy groups -OCH3 is 1. The van der Waals surface area contributed by atoms with Crippen molar-refractivity contribution in [2.45, 2.75) is 46.6 Å². The molecule has 4 rings (SSSR count). The van der Waals surface area contributed by atoms with Gasteiger partial charge in [-0.3, -0.25) is 4.79 Å². The fourth-order valence-corrected chi connectivity index (χ4v) is 5.71. The molecule has 0 aliphatic heterocycles. The number of amides is 1. The van der Waals surface area contributed by atoms with Crippen molar-refractivity contribution in [3.63, 3.8) is 0 Å². The van der Waals surface area contributed by atoms with E-state index in [9.17, 15) is 13.6 Å². The summed E-state index contributed by atoms with van der Waals surface area (Å²) >= 11 is 1.55. The number of halogens is 2. The van der Waals surface area contributed by atoms with Crippen molar-refractivity contribution in [3.8, 4) is 11.5 Å². The van der Waals surface area contributed by atoms with E-state index in [4.69, 9.17) is 4.74 Å². The Bertz CT molecular complexity index is 1250. The summed E-state index contributed by atoms with van der Waals surface area (Å²) < 4.78 is 35.0. The molecule has 1 aliphatic rings. The van der Waals surface area contributed by atoms with Crippen LogP contribution in [-0.2, 0) is 12.8 Å². The van der Waals surface area contributed by atoms with Crippen LogP contribution in [0.4, 0.5) is 19.5 Å². The smallest absolute Gasteiger partial charge is 0.387 e. The average molecular weight is 513 g/mol. The highest BCUT2D eigenvalue weighted by molar-refractivity contribution is 7.16. The second kappa shape index (κ2) is 10.8. The standard InChI is InChI=1S/C28H30F2N2O3S/c1-28(2,3)18-11-12-20-23(15-18)36-26(24(20)25(33)32-19-8-6-5-7-9-19)31-16-17-10-13-21(35-27(29)30)22(14-17)34-4/h5-10,13-14,16,18,27H,11-12,15H2,1-4H3,(H,32,33)/t18-/m1/s1. The molecule has 1 aliphatic carbocycles. The largest absolute Gasteiger partial charge is 0.493 e. The molecule has 0 radical (unpaired) electrons. The molecule has 5 nitrogen and oxygen atoms in total. The van der Waals surface area contributed by atoms with Crippen molar-refractivity contribution in [3.05, 3.63) is 70.1 Å². The summed E-state index contributed by atoms with van der Waals surface area (Å²) in [6, 6.07) is 14.0. The number of thiophene rings is 1. The third-order valence-corrected chi connectivity index (χ3v) is 7.63. The van der Waals surface area contributed by atoms with E-state index in [1.165, 1.54) is 18.1 Å². The molecule has 1 N–H and O–H groups in total. The van der Waals surface area contributed by atoms with E-state index >= 15 is 0 Å². The van der Waals surface area contributed by atoms with Crippen LogP contribution in [0.3, 0.4) is 0 Å². The number of rotatable bonds is 7. The SMILES string of the molecule is COc1cc(C=Nc2sc3c(c2C(=O)Nc2ccccc2)CC[C@@H](C(C)(C)C)C3)ccc1OC(F)F. The van der Waals surface area contributed by atoms with Crippen LogP contribution in [-0.4, -0.2) is 25.8 Å².